The zero-order valence-electron chi connectivity index (χ0n) is 15.5. The minimum Gasteiger partial charge on any atom is -0.497 e. The molecule has 0 aliphatic carbocycles. The molecule has 0 aliphatic heterocycles. The monoisotopic (exact) mass is 381 g/mol. The number of ether oxygens (including phenoxy) is 1. The van der Waals surface area contributed by atoms with Gasteiger partial charge < -0.3 is 14.6 Å². The number of pyridine rings is 1. The van der Waals surface area contributed by atoms with Crippen LogP contribution in [-0.2, 0) is 6.54 Å². The molecule has 8 heteroatoms. The predicted octanol–water partition coefficient (Wildman–Crippen LogP) is 3.11. The first-order chi connectivity index (χ1) is 13.4. The van der Waals surface area contributed by atoms with Crippen molar-refractivity contribution in [2.75, 3.05) is 13.7 Å². The Kier molecular flexibility index (Phi) is 5.39. The minimum absolute atomic E-state index is 0.0926. The number of H-pyrrole nitrogens is 1. The quantitative estimate of drug-likeness (QED) is 0.522. The maximum absolute atomic E-state index is 12.8. The SMILES string of the molecule is CCN(Cc1cc2ccc(OC)cc2[nH]c1=O)C(=O)c1cccc([N+](=O)[O-])c1. The molecular weight excluding hydrogens is 362 g/mol. The maximum Gasteiger partial charge on any atom is 0.270 e. The summed E-state index contributed by atoms with van der Waals surface area (Å²) in [7, 11) is 1.55. The number of hydrogen-bond acceptors (Lipinski definition) is 5. The van der Waals surface area contributed by atoms with Gasteiger partial charge in [-0.15, -0.1) is 0 Å². The fraction of sp³-hybridized carbons (Fsp3) is 0.200. The molecule has 144 valence electrons. The number of hydrogen-bond donors (Lipinski definition) is 1. The van der Waals surface area contributed by atoms with Crippen LogP contribution < -0.4 is 10.3 Å². The van der Waals surface area contributed by atoms with Gasteiger partial charge in [-0.1, -0.05) is 6.07 Å². The molecule has 3 aromatic rings. The van der Waals surface area contributed by atoms with Gasteiger partial charge in [0.2, 0.25) is 0 Å². The molecule has 28 heavy (non-hydrogen) atoms. The van der Waals surface area contributed by atoms with Gasteiger partial charge in [0.05, 0.1) is 24.1 Å². The highest BCUT2D eigenvalue weighted by molar-refractivity contribution is 5.94. The maximum atomic E-state index is 12.8. The van der Waals surface area contributed by atoms with Gasteiger partial charge in [0.15, 0.2) is 0 Å². The van der Waals surface area contributed by atoms with E-state index in [4.69, 9.17) is 4.74 Å². The average molecular weight is 381 g/mol. The molecule has 0 saturated heterocycles. The lowest BCUT2D eigenvalue weighted by Gasteiger charge is -2.21. The number of fused-ring (bicyclic) bond motifs is 1. The summed E-state index contributed by atoms with van der Waals surface area (Å²) in [5, 5.41) is 11.8. The second kappa shape index (κ2) is 7.91. The highest BCUT2D eigenvalue weighted by Gasteiger charge is 2.18. The van der Waals surface area contributed by atoms with Gasteiger partial charge >= 0.3 is 0 Å². The van der Waals surface area contributed by atoms with Crippen molar-refractivity contribution in [1.82, 2.24) is 9.88 Å². The van der Waals surface area contributed by atoms with Crippen molar-refractivity contribution >= 4 is 22.5 Å². The Morgan fingerprint density at radius 3 is 2.68 bits per heavy atom. The van der Waals surface area contributed by atoms with E-state index in [9.17, 15) is 19.7 Å². The van der Waals surface area contributed by atoms with E-state index in [1.54, 1.807) is 32.2 Å². The Morgan fingerprint density at radius 1 is 1.21 bits per heavy atom. The molecule has 0 aliphatic rings. The number of nitrogens with one attached hydrogen (secondary N) is 1. The summed E-state index contributed by atoms with van der Waals surface area (Å²) in [6, 6.07) is 12.6. The number of benzene rings is 2. The Balaban J connectivity index is 1.91. The lowest BCUT2D eigenvalue weighted by molar-refractivity contribution is -0.384. The molecule has 0 radical (unpaired) electrons. The largest absolute Gasteiger partial charge is 0.497 e. The van der Waals surface area contributed by atoms with E-state index in [1.807, 2.05) is 6.07 Å². The van der Waals surface area contributed by atoms with Crippen LogP contribution in [0.1, 0.15) is 22.8 Å². The van der Waals surface area contributed by atoms with Crippen molar-refractivity contribution in [2.45, 2.75) is 13.5 Å². The van der Waals surface area contributed by atoms with Crippen LogP contribution in [0.4, 0.5) is 5.69 Å². The summed E-state index contributed by atoms with van der Waals surface area (Å²) in [6.07, 6.45) is 0. The molecule has 0 unspecified atom stereocenters. The van der Waals surface area contributed by atoms with Crippen molar-refractivity contribution in [2.24, 2.45) is 0 Å². The Bertz CT molecular complexity index is 1110. The third-order valence-electron chi connectivity index (χ3n) is 4.46. The van der Waals surface area contributed by atoms with E-state index in [-0.39, 0.29) is 29.3 Å². The summed E-state index contributed by atoms with van der Waals surface area (Å²) >= 11 is 0. The average Bonchev–Trinajstić information content (AvgIpc) is 2.71. The van der Waals surface area contributed by atoms with E-state index in [0.717, 1.165) is 5.39 Å². The second-order valence-corrected chi connectivity index (χ2v) is 6.20. The van der Waals surface area contributed by atoms with Gasteiger partial charge in [0.25, 0.3) is 17.2 Å². The minimum atomic E-state index is -0.546. The standard InChI is InChI=1S/C20H19N3O5/c1-3-22(20(25)14-5-4-6-16(10-14)23(26)27)12-15-9-13-7-8-17(28-2)11-18(13)21-19(15)24/h4-11H,3,12H2,1-2H3,(H,21,24). The number of nitro groups is 1. The van der Waals surface area contributed by atoms with E-state index < -0.39 is 4.92 Å². The van der Waals surface area contributed by atoms with Crippen molar-refractivity contribution in [3.05, 3.63) is 80.1 Å². The first-order valence-corrected chi connectivity index (χ1v) is 8.66. The molecule has 1 amide bonds. The molecule has 1 heterocycles. The first-order valence-electron chi connectivity index (χ1n) is 8.66. The van der Waals surface area contributed by atoms with Gasteiger partial charge in [-0.25, -0.2) is 0 Å². The molecule has 0 atom stereocenters. The fourth-order valence-corrected chi connectivity index (χ4v) is 2.94. The predicted molar refractivity (Wildman–Crippen MR) is 105 cm³/mol. The number of carbonyl (C=O) groups excluding carboxylic acids is 1. The van der Waals surface area contributed by atoms with Crippen LogP contribution in [0.5, 0.6) is 5.75 Å². The molecule has 0 saturated carbocycles. The molecule has 1 aromatic heterocycles. The smallest absolute Gasteiger partial charge is 0.270 e. The lowest BCUT2D eigenvalue weighted by Crippen LogP contribution is -2.32. The van der Waals surface area contributed by atoms with Gasteiger partial charge in [-0.2, -0.15) is 0 Å². The van der Waals surface area contributed by atoms with Crippen LogP contribution in [0.15, 0.2) is 53.3 Å². The number of methoxy groups -OCH3 is 1. The van der Waals surface area contributed by atoms with E-state index in [1.165, 1.54) is 29.2 Å². The summed E-state index contributed by atoms with van der Waals surface area (Å²) in [5.41, 5.74) is 0.822. The number of carbonyl (C=O) groups is 1. The van der Waals surface area contributed by atoms with Crippen molar-refractivity contribution in [3.8, 4) is 5.75 Å². The number of nitro benzene ring substituents is 1. The Hall–Kier alpha value is -3.68. The van der Waals surface area contributed by atoms with Crippen molar-refractivity contribution in [1.29, 1.82) is 0 Å². The van der Waals surface area contributed by atoms with Crippen molar-refractivity contribution < 1.29 is 14.5 Å². The summed E-state index contributed by atoms with van der Waals surface area (Å²) in [6.45, 7) is 2.23. The molecule has 1 N–H and O–H groups in total. The molecule has 3 rings (SSSR count). The first kappa shape index (κ1) is 19.1. The van der Waals surface area contributed by atoms with Crippen molar-refractivity contribution in [3.63, 3.8) is 0 Å². The summed E-state index contributed by atoms with van der Waals surface area (Å²) in [4.78, 5) is 39.9. The molecule has 8 nitrogen and oxygen atoms in total. The third-order valence-corrected chi connectivity index (χ3v) is 4.46. The Morgan fingerprint density at radius 2 is 2.00 bits per heavy atom. The van der Waals surface area contributed by atoms with Crippen LogP contribution >= 0.6 is 0 Å². The summed E-state index contributed by atoms with van der Waals surface area (Å²) < 4.78 is 5.16. The second-order valence-electron chi connectivity index (χ2n) is 6.20. The number of non-ortho nitro benzene ring substituents is 1. The number of aromatic nitrogens is 1. The normalized spacial score (nSPS) is 10.6. The van der Waals surface area contributed by atoms with Gasteiger partial charge in [0.1, 0.15) is 5.75 Å². The van der Waals surface area contributed by atoms with Crippen LogP contribution in [0.3, 0.4) is 0 Å². The van der Waals surface area contributed by atoms with E-state index in [0.29, 0.717) is 23.4 Å². The number of aromatic amines is 1. The van der Waals surface area contributed by atoms with Crippen LogP contribution in [0.25, 0.3) is 10.9 Å². The number of nitrogens with zero attached hydrogens (tertiary/aromatic N) is 2. The van der Waals surface area contributed by atoms with Gasteiger partial charge in [0, 0.05) is 35.9 Å². The zero-order chi connectivity index (χ0) is 20.3. The number of amides is 1. The molecule has 2 aromatic carbocycles. The third kappa shape index (κ3) is 3.85. The summed E-state index contributed by atoms with van der Waals surface area (Å²) in [5.74, 6) is 0.257. The van der Waals surface area contributed by atoms with Crippen LogP contribution in [0, 0.1) is 10.1 Å². The molecular formula is C20H19N3O5. The molecule has 0 bridgehead atoms. The van der Waals surface area contributed by atoms with Crippen LogP contribution in [0.2, 0.25) is 0 Å². The van der Waals surface area contributed by atoms with E-state index in [2.05, 4.69) is 4.98 Å². The highest BCUT2D eigenvalue weighted by Crippen LogP contribution is 2.20. The van der Waals surface area contributed by atoms with E-state index >= 15 is 0 Å². The molecule has 0 fully saturated rings. The highest BCUT2D eigenvalue weighted by atomic mass is 16.6. The lowest BCUT2D eigenvalue weighted by atomic mass is 10.1. The zero-order valence-corrected chi connectivity index (χ0v) is 15.5. The Labute approximate surface area is 160 Å². The fourth-order valence-electron chi connectivity index (χ4n) is 2.94. The number of rotatable bonds is 6. The molecule has 0 spiro atoms. The topological polar surface area (TPSA) is 106 Å². The van der Waals surface area contributed by atoms with Crippen LogP contribution in [-0.4, -0.2) is 34.4 Å². The van der Waals surface area contributed by atoms with Gasteiger partial charge in [-0.3, -0.25) is 19.7 Å². The van der Waals surface area contributed by atoms with Gasteiger partial charge in [-0.05, 0) is 36.6 Å².